The first-order valence-corrected chi connectivity index (χ1v) is 30.6. The molecule has 14 aromatic carbocycles. The van der Waals surface area contributed by atoms with Crippen LogP contribution in [0, 0.1) is 0 Å². The number of hydrogen-bond acceptors (Lipinski definition) is 1. The summed E-state index contributed by atoms with van der Waals surface area (Å²) in [6, 6.07) is 130. The van der Waals surface area contributed by atoms with Crippen LogP contribution in [0.5, 0.6) is 0 Å². The lowest BCUT2D eigenvalue weighted by Crippen LogP contribution is -2.28. The second-order valence-electron chi connectivity index (χ2n) is 23.5. The van der Waals surface area contributed by atoms with E-state index in [1.54, 1.807) is 0 Å². The molecule has 0 saturated heterocycles. The average molecular weight is 1120 g/mol. The molecule has 0 bridgehead atoms. The van der Waals surface area contributed by atoms with E-state index in [9.17, 15) is 0 Å². The van der Waals surface area contributed by atoms with Gasteiger partial charge >= 0.3 is 0 Å². The normalized spacial score (nSPS) is 13.2. The third kappa shape index (κ3) is 7.89. The van der Waals surface area contributed by atoms with E-state index in [0.29, 0.717) is 0 Å². The van der Waals surface area contributed by atoms with Crippen molar-refractivity contribution in [1.29, 1.82) is 0 Å². The predicted octanol–water partition coefficient (Wildman–Crippen LogP) is 22.0. The van der Waals surface area contributed by atoms with E-state index in [1.807, 2.05) is 0 Å². The van der Waals surface area contributed by atoms with Crippen LogP contribution in [0.3, 0.4) is 0 Å². The molecule has 0 spiro atoms. The van der Waals surface area contributed by atoms with Gasteiger partial charge in [0.15, 0.2) is 0 Å². The number of hydrogen-bond donors (Lipinski definition) is 0. The highest BCUT2D eigenvalue weighted by Crippen LogP contribution is 2.59. The van der Waals surface area contributed by atoms with Crippen molar-refractivity contribution in [2.75, 3.05) is 4.90 Å². The average Bonchev–Trinajstić information content (AvgIpc) is 1.87. The van der Waals surface area contributed by atoms with Gasteiger partial charge in [0.1, 0.15) is 0 Å². The van der Waals surface area contributed by atoms with E-state index >= 15 is 0 Å². The van der Waals surface area contributed by atoms with Gasteiger partial charge in [0.2, 0.25) is 0 Å². The number of aromatic nitrogens is 1. The summed E-state index contributed by atoms with van der Waals surface area (Å²) in [6.45, 7) is 0. The van der Waals surface area contributed by atoms with Crippen LogP contribution < -0.4 is 4.90 Å². The summed E-state index contributed by atoms with van der Waals surface area (Å²) in [5.41, 5.74) is 28.1. The Morgan fingerprint density at radius 3 is 1.12 bits per heavy atom. The standard InChI is InChI=1S/C86H58N2/c1-6-22-65(23-7-1)85(66-24-8-2-9-25-66)80-36-20-17-33-74(80)77-56-63(46-54-81(77)85)62-44-50-71(51-45-62)87(72-52-53-75-73-32-16-19-35-79(73)86(82(75)58-72,67-26-10-3-11-27-67)68-28-12-4-13-29-68)70-48-42-60(43-49-70)59-38-40-61(41-39-59)64-47-55-84-78(57-64)76-34-18-21-37-83(76)88(84)69-30-14-5-15-31-69/h1-58H. The smallest absolute Gasteiger partial charge is 0.0714 e. The van der Waals surface area contributed by atoms with Gasteiger partial charge in [-0.2, -0.15) is 0 Å². The van der Waals surface area contributed by atoms with Crippen LogP contribution in [0.1, 0.15) is 44.5 Å². The molecule has 0 aliphatic heterocycles. The quantitative estimate of drug-likeness (QED) is 0.125. The van der Waals surface area contributed by atoms with Crippen LogP contribution in [0.25, 0.3) is 83.1 Å². The van der Waals surface area contributed by atoms with Gasteiger partial charge in [0.05, 0.1) is 21.9 Å². The van der Waals surface area contributed by atoms with Gasteiger partial charge in [-0.15, -0.1) is 0 Å². The molecule has 1 heterocycles. The van der Waals surface area contributed by atoms with Crippen molar-refractivity contribution in [3.8, 4) is 61.3 Å². The molecule has 17 rings (SSSR count). The Morgan fingerprint density at radius 2 is 0.580 bits per heavy atom. The summed E-state index contributed by atoms with van der Waals surface area (Å²) in [6.07, 6.45) is 0. The largest absolute Gasteiger partial charge is 0.310 e. The minimum atomic E-state index is -0.548. The van der Waals surface area contributed by atoms with Gasteiger partial charge in [-0.3, -0.25) is 0 Å². The molecule has 0 unspecified atom stereocenters. The van der Waals surface area contributed by atoms with Gasteiger partial charge in [0.25, 0.3) is 0 Å². The molecule has 0 saturated carbocycles. The van der Waals surface area contributed by atoms with Crippen molar-refractivity contribution in [1.82, 2.24) is 4.57 Å². The Morgan fingerprint density at radius 1 is 0.216 bits per heavy atom. The van der Waals surface area contributed by atoms with Gasteiger partial charge in [-0.05, 0) is 173 Å². The maximum Gasteiger partial charge on any atom is 0.0714 e. The highest BCUT2D eigenvalue weighted by atomic mass is 15.1. The van der Waals surface area contributed by atoms with Crippen LogP contribution in [-0.4, -0.2) is 4.57 Å². The molecule has 2 aliphatic rings. The summed E-state index contributed by atoms with van der Waals surface area (Å²) in [5.74, 6) is 0. The van der Waals surface area contributed by atoms with Crippen molar-refractivity contribution in [2.24, 2.45) is 0 Å². The number of para-hydroxylation sites is 2. The molecule has 2 aliphatic carbocycles. The van der Waals surface area contributed by atoms with Gasteiger partial charge in [-0.25, -0.2) is 0 Å². The fraction of sp³-hybridized carbons (Fsp3) is 0.0233. The Balaban J connectivity index is 0.769. The molecule has 1 aromatic heterocycles. The third-order valence-electron chi connectivity index (χ3n) is 19.0. The molecule has 0 atom stereocenters. The Kier molecular flexibility index (Phi) is 12.0. The zero-order valence-corrected chi connectivity index (χ0v) is 48.4. The van der Waals surface area contributed by atoms with Crippen LogP contribution in [0.4, 0.5) is 17.1 Å². The highest BCUT2D eigenvalue weighted by Gasteiger charge is 2.47. The predicted molar refractivity (Wildman–Crippen MR) is 366 cm³/mol. The second-order valence-corrected chi connectivity index (χ2v) is 23.5. The third-order valence-corrected chi connectivity index (χ3v) is 19.0. The van der Waals surface area contributed by atoms with Gasteiger partial charge in [-0.1, -0.05) is 279 Å². The van der Waals surface area contributed by atoms with Crippen molar-refractivity contribution < 1.29 is 0 Å². The highest BCUT2D eigenvalue weighted by molar-refractivity contribution is 6.10. The SMILES string of the molecule is c1ccc(-n2c3ccccc3c3cc(-c4ccc(-c5ccc(N(c6ccc(-c7ccc8c(c7)-c7ccccc7C8(c7ccccc7)c7ccccc7)cc6)c6ccc7c(c6)C(c6ccccc6)(c6ccccc6)c6ccccc6-7)cc5)cc4)ccc32)cc1. The minimum absolute atomic E-state index is 0.449. The molecular formula is C86H58N2. The van der Waals surface area contributed by atoms with Crippen molar-refractivity contribution in [3.63, 3.8) is 0 Å². The summed E-state index contributed by atoms with van der Waals surface area (Å²) in [4.78, 5) is 2.44. The number of rotatable bonds is 11. The Hall–Kier alpha value is -11.3. The first-order chi connectivity index (χ1) is 43.6. The van der Waals surface area contributed by atoms with Gasteiger partial charge in [0, 0.05) is 33.5 Å². The van der Waals surface area contributed by atoms with Gasteiger partial charge < -0.3 is 9.47 Å². The van der Waals surface area contributed by atoms with Crippen LogP contribution in [0.15, 0.2) is 352 Å². The van der Waals surface area contributed by atoms with E-state index in [2.05, 4.69) is 361 Å². The molecule has 15 aromatic rings. The fourth-order valence-corrected chi connectivity index (χ4v) is 15.1. The molecule has 88 heavy (non-hydrogen) atoms. The lowest BCUT2D eigenvalue weighted by molar-refractivity contribution is 0.768. The molecule has 0 radical (unpaired) electrons. The maximum atomic E-state index is 2.47. The monoisotopic (exact) mass is 1120 g/mol. The second kappa shape index (κ2) is 20.7. The molecule has 2 heteroatoms. The van der Waals surface area contributed by atoms with E-state index in [4.69, 9.17) is 0 Å². The summed E-state index contributed by atoms with van der Waals surface area (Å²) in [7, 11) is 0. The zero-order valence-electron chi connectivity index (χ0n) is 48.4. The van der Waals surface area contributed by atoms with Crippen LogP contribution in [0.2, 0.25) is 0 Å². The minimum Gasteiger partial charge on any atom is -0.310 e. The van der Waals surface area contributed by atoms with Crippen molar-refractivity contribution >= 4 is 38.9 Å². The lowest BCUT2D eigenvalue weighted by atomic mass is 9.67. The van der Waals surface area contributed by atoms with Crippen molar-refractivity contribution in [3.05, 3.63) is 396 Å². The zero-order chi connectivity index (χ0) is 58.2. The lowest BCUT2D eigenvalue weighted by Gasteiger charge is -2.35. The number of fused-ring (bicyclic) bond motifs is 9. The van der Waals surface area contributed by atoms with Crippen LogP contribution in [-0.2, 0) is 10.8 Å². The molecule has 0 amide bonds. The number of anilines is 3. The molecular weight excluding hydrogens is 1060 g/mol. The number of benzene rings is 14. The fourth-order valence-electron chi connectivity index (χ4n) is 15.1. The van der Waals surface area contributed by atoms with Crippen molar-refractivity contribution in [2.45, 2.75) is 10.8 Å². The molecule has 2 nitrogen and oxygen atoms in total. The molecule has 0 fully saturated rings. The topological polar surface area (TPSA) is 8.17 Å². The summed E-state index contributed by atoms with van der Waals surface area (Å²) >= 11 is 0. The summed E-state index contributed by atoms with van der Waals surface area (Å²) in [5, 5.41) is 2.50. The van der Waals surface area contributed by atoms with E-state index in [0.717, 1.165) is 33.9 Å². The van der Waals surface area contributed by atoms with E-state index < -0.39 is 10.8 Å². The maximum absolute atomic E-state index is 2.47. The first kappa shape index (κ1) is 51.1. The van der Waals surface area contributed by atoms with E-state index in [1.165, 1.54) is 111 Å². The first-order valence-electron chi connectivity index (χ1n) is 30.6. The van der Waals surface area contributed by atoms with E-state index in [-0.39, 0.29) is 0 Å². The Labute approximate surface area is 513 Å². The number of nitrogens with zero attached hydrogens (tertiary/aromatic N) is 2. The molecule has 412 valence electrons. The van der Waals surface area contributed by atoms with Crippen LogP contribution >= 0.6 is 0 Å². The molecule has 0 N–H and O–H groups in total. The Bertz CT molecular complexity index is 5010. The summed E-state index contributed by atoms with van der Waals surface area (Å²) < 4.78 is 2.37.